The second-order valence-corrected chi connectivity index (χ2v) is 8.46. The number of amides is 1. The molecule has 0 fully saturated rings. The maximum absolute atomic E-state index is 12.2. The Morgan fingerprint density at radius 3 is 2.62 bits per heavy atom. The Morgan fingerprint density at radius 1 is 1.31 bits per heavy atom. The van der Waals surface area contributed by atoms with Crippen molar-refractivity contribution in [1.82, 2.24) is 4.72 Å². The van der Waals surface area contributed by atoms with E-state index < -0.39 is 45.2 Å². The Labute approximate surface area is 169 Å². The standard InChI is InChI=1S/C16H17N3O8S2/c1-10(27-14(20)9-17-29(24,25)15-4-3-7-28-15)16(21)18-12-6-5-11(26-2)8-13(12)19(22)23/h3-8,10,17H,9H2,1-2H3,(H,18,21). The van der Waals surface area contributed by atoms with Crippen LogP contribution in [0.4, 0.5) is 11.4 Å². The van der Waals surface area contributed by atoms with Crippen molar-refractivity contribution in [3.05, 3.63) is 45.8 Å². The lowest BCUT2D eigenvalue weighted by Gasteiger charge is -2.14. The number of hydrogen-bond donors (Lipinski definition) is 2. The molecular formula is C16H17N3O8S2. The third kappa shape index (κ3) is 5.97. The minimum atomic E-state index is -3.86. The summed E-state index contributed by atoms with van der Waals surface area (Å²) in [5, 5.41) is 15.0. The van der Waals surface area contributed by atoms with E-state index in [-0.39, 0.29) is 15.6 Å². The number of nitrogens with zero attached hydrogens (tertiary/aromatic N) is 1. The van der Waals surface area contributed by atoms with Gasteiger partial charge in [-0.1, -0.05) is 6.07 Å². The Balaban J connectivity index is 1.95. The van der Waals surface area contributed by atoms with Gasteiger partial charge >= 0.3 is 5.97 Å². The molecule has 0 saturated heterocycles. The number of sulfonamides is 1. The molecule has 0 aliphatic heterocycles. The number of ether oxygens (including phenoxy) is 2. The van der Waals surface area contributed by atoms with Gasteiger partial charge in [0.1, 0.15) is 22.2 Å². The van der Waals surface area contributed by atoms with E-state index in [4.69, 9.17) is 9.47 Å². The molecule has 0 spiro atoms. The van der Waals surface area contributed by atoms with Crippen LogP contribution in [0.25, 0.3) is 0 Å². The normalized spacial score (nSPS) is 12.1. The van der Waals surface area contributed by atoms with Crippen molar-refractivity contribution in [2.75, 3.05) is 19.0 Å². The van der Waals surface area contributed by atoms with Gasteiger partial charge in [-0.25, -0.2) is 8.42 Å². The van der Waals surface area contributed by atoms with Gasteiger partial charge in [-0.3, -0.25) is 19.7 Å². The summed E-state index contributed by atoms with van der Waals surface area (Å²) in [7, 11) is -2.52. The van der Waals surface area contributed by atoms with E-state index in [9.17, 15) is 28.1 Å². The summed E-state index contributed by atoms with van der Waals surface area (Å²) in [5.41, 5.74) is -0.512. The molecule has 156 valence electrons. The topological polar surface area (TPSA) is 154 Å². The maximum Gasteiger partial charge on any atom is 0.321 e. The first-order valence-electron chi connectivity index (χ1n) is 8.00. The Bertz CT molecular complexity index is 1010. The van der Waals surface area contributed by atoms with Crippen molar-refractivity contribution in [1.29, 1.82) is 0 Å². The molecule has 2 aromatic rings. The smallest absolute Gasteiger partial charge is 0.321 e. The summed E-state index contributed by atoms with van der Waals surface area (Å²) >= 11 is 0.977. The fraction of sp³-hybridized carbons (Fsp3) is 0.250. The third-order valence-electron chi connectivity index (χ3n) is 3.50. The van der Waals surface area contributed by atoms with Crippen LogP contribution in [0.2, 0.25) is 0 Å². The molecular weight excluding hydrogens is 426 g/mol. The van der Waals surface area contributed by atoms with Crippen LogP contribution in [0.5, 0.6) is 5.75 Å². The van der Waals surface area contributed by atoms with Gasteiger partial charge in [0.05, 0.1) is 18.1 Å². The molecule has 0 bridgehead atoms. The lowest BCUT2D eigenvalue weighted by atomic mass is 10.2. The molecule has 0 radical (unpaired) electrons. The quantitative estimate of drug-likeness (QED) is 0.336. The van der Waals surface area contributed by atoms with Crippen LogP contribution in [-0.2, 0) is 24.3 Å². The fourth-order valence-electron chi connectivity index (χ4n) is 2.06. The number of esters is 1. The average molecular weight is 443 g/mol. The van der Waals surface area contributed by atoms with E-state index in [1.165, 1.54) is 32.2 Å². The minimum absolute atomic E-state index is 0.0305. The first kappa shape index (κ1) is 22.3. The number of carbonyl (C=O) groups excluding carboxylic acids is 2. The predicted molar refractivity (Wildman–Crippen MR) is 103 cm³/mol. The molecule has 0 aliphatic carbocycles. The third-order valence-corrected chi connectivity index (χ3v) is 6.30. The molecule has 0 saturated carbocycles. The Kier molecular flexibility index (Phi) is 7.25. The van der Waals surface area contributed by atoms with Gasteiger partial charge in [0.25, 0.3) is 21.6 Å². The summed E-state index contributed by atoms with van der Waals surface area (Å²) in [6.07, 6.45) is -1.32. The number of nitro groups is 1. The number of rotatable bonds is 9. The maximum atomic E-state index is 12.2. The van der Waals surface area contributed by atoms with Crippen LogP contribution in [0.3, 0.4) is 0 Å². The largest absolute Gasteiger partial charge is 0.496 e. The minimum Gasteiger partial charge on any atom is -0.496 e. The van der Waals surface area contributed by atoms with Gasteiger partial charge in [0.2, 0.25) is 0 Å². The zero-order chi connectivity index (χ0) is 21.6. The number of nitro benzene ring substituents is 1. The van der Waals surface area contributed by atoms with Crippen molar-refractivity contribution < 1.29 is 32.4 Å². The predicted octanol–water partition coefficient (Wildman–Crippen LogP) is 1.51. The molecule has 29 heavy (non-hydrogen) atoms. The molecule has 1 aromatic carbocycles. The van der Waals surface area contributed by atoms with Crippen LogP contribution >= 0.6 is 11.3 Å². The van der Waals surface area contributed by atoms with Crippen LogP contribution in [0, 0.1) is 10.1 Å². The van der Waals surface area contributed by atoms with E-state index in [0.29, 0.717) is 0 Å². The molecule has 2 N–H and O–H groups in total. The summed E-state index contributed by atoms with van der Waals surface area (Å²) in [6.45, 7) is 0.566. The van der Waals surface area contributed by atoms with E-state index in [1.54, 1.807) is 11.4 Å². The van der Waals surface area contributed by atoms with Crippen molar-refractivity contribution in [2.24, 2.45) is 0 Å². The van der Waals surface area contributed by atoms with Gasteiger partial charge in [-0.15, -0.1) is 11.3 Å². The molecule has 1 amide bonds. The lowest BCUT2D eigenvalue weighted by Crippen LogP contribution is -2.35. The van der Waals surface area contributed by atoms with Gasteiger partial charge in [-0.2, -0.15) is 4.72 Å². The molecule has 1 aromatic heterocycles. The zero-order valence-corrected chi connectivity index (χ0v) is 16.9. The highest BCUT2D eigenvalue weighted by Gasteiger charge is 2.24. The molecule has 1 atom stereocenters. The summed E-state index contributed by atoms with van der Waals surface area (Å²) in [4.78, 5) is 34.5. The number of methoxy groups -OCH3 is 1. The van der Waals surface area contributed by atoms with E-state index in [0.717, 1.165) is 17.4 Å². The second kappa shape index (κ2) is 9.45. The molecule has 11 nitrogen and oxygen atoms in total. The monoisotopic (exact) mass is 443 g/mol. The van der Waals surface area contributed by atoms with Crippen LogP contribution < -0.4 is 14.8 Å². The van der Waals surface area contributed by atoms with Gasteiger partial charge < -0.3 is 14.8 Å². The zero-order valence-electron chi connectivity index (χ0n) is 15.3. The number of carbonyl (C=O) groups is 2. The molecule has 13 heteroatoms. The van der Waals surface area contributed by atoms with Crippen LogP contribution in [0.1, 0.15) is 6.92 Å². The second-order valence-electron chi connectivity index (χ2n) is 5.52. The molecule has 1 unspecified atom stereocenters. The molecule has 0 aliphatic rings. The number of nitrogens with one attached hydrogen (secondary N) is 2. The summed E-state index contributed by atoms with van der Waals surface area (Å²) in [5.74, 6) is -1.59. The molecule has 1 heterocycles. The highest BCUT2D eigenvalue weighted by atomic mass is 32.2. The number of hydrogen-bond acceptors (Lipinski definition) is 9. The average Bonchev–Trinajstić information content (AvgIpc) is 3.22. The van der Waals surface area contributed by atoms with E-state index in [2.05, 4.69) is 10.0 Å². The SMILES string of the molecule is COc1ccc(NC(=O)C(C)OC(=O)CNS(=O)(=O)c2cccs2)c([N+](=O)[O-])c1. The number of benzene rings is 1. The van der Waals surface area contributed by atoms with Gasteiger partial charge in [-0.05, 0) is 30.5 Å². The first-order valence-corrected chi connectivity index (χ1v) is 10.4. The first-order chi connectivity index (χ1) is 13.6. The van der Waals surface area contributed by atoms with Crippen LogP contribution in [-0.4, -0.2) is 45.0 Å². The number of anilines is 1. The molecule has 2 rings (SSSR count). The van der Waals surface area contributed by atoms with Crippen molar-refractivity contribution in [3.8, 4) is 5.75 Å². The van der Waals surface area contributed by atoms with Crippen molar-refractivity contribution >= 4 is 44.6 Å². The van der Waals surface area contributed by atoms with Gasteiger partial charge in [0, 0.05) is 0 Å². The highest BCUT2D eigenvalue weighted by molar-refractivity contribution is 7.91. The Morgan fingerprint density at radius 2 is 2.03 bits per heavy atom. The fourth-order valence-corrected chi connectivity index (χ4v) is 4.07. The van der Waals surface area contributed by atoms with Crippen molar-refractivity contribution in [3.63, 3.8) is 0 Å². The number of thiophene rings is 1. The van der Waals surface area contributed by atoms with E-state index in [1.807, 2.05) is 0 Å². The highest BCUT2D eigenvalue weighted by Crippen LogP contribution is 2.29. The van der Waals surface area contributed by atoms with Crippen molar-refractivity contribution in [2.45, 2.75) is 17.2 Å². The Hall–Kier alpha value is -3.03. The van der Waals surface area contributed by atoms with E-state index >= 15 is 0 Å². The summed E-state index contributed by atoms with van der Waals surface area (Å²) < 4.78 is 35.8. The summed E-state index contributed by atoms with van der Waals surface area (Å²) in [6, 6.07) is 6.74. The van der Waals surface area contributed by atoms with Crippen LogP contribution in [0.15, 0.2) is 39.9 Å². The lowest BCUT2D eigenvalue weighted by molar-refractivity contribution is -0.384. The van der Waals surface area contributed by atoms with Gasteiger partial charge in [0.15, 0.2) is 6.10 Å².